The largest absolute Gasteiger partial charge is 0.475 e. The summed E-state index contributed by atoms with van der Waals surface area (Å²) in [7, 11) is 1.65. The van der Waals surface area contributed by atoms with Crippen molar-refractivity contribution in [3.63, 3.8) is 0 Å². The van der Waals surface area contributed by atoms with Gasteiger partial charge in [0.25, 0.3) is 0 Å². The average molecular weight is 296 g/mol. The maximum atomic E-state index is 5.57. The lowest BCUT2D eigenvalue weighted by molar-refractivity contribution is 0.143. The molecule has 0 aliphatic heterocycles. The molecule has 0 amide bonds. The van der Waals surface area contributed by atoms with Gasteiger partial charge in [0.2, 0.25) is 5.88 Å². The first-order chi connectivity index (χ1) is 10.2. The van der Waals surface area contributed by atoms with Crippen LogP contribution in [0.3, 0.4) is 0 Å². The van der Waals surface area contributed by atoms with Crippen LogP contribution in [0.15, 0.2) is 6.07 Å². The number of nitrogens with zero attached hydrogens (tertiary/aromatic N) is 3. The van der Waals surface area contributed by atoms with Crippen LogP contribution in [0.1, 0.15) is 26.6 Å². The summed E-state index contributed by atoms with van der Waals surface area (Å²) in [5.74, 6) is 2.21. The van der Waals surface area contributed by atoms with Gasteiger partial charge in [0.1, 0.15) is 18.2 Å². The molecule has 1 heterocycles. The van der Waals surface area contributed by atoms with E-state index in [0.29, 0.717) is 19.1 Å². The molecule has 6 heteroatoms. The zero-order valence-corrected chi connectivity index (χ0v) is 13.7. The Morgan fingerprint density at radius 3 is 2.52 bits per heavy atom. The number of rotatable bonds is 11. The van der Waals surface area contributed by atoms with E-state index in [-0.39, 0.29) is 0 Å². The molecule has 0 aliphatic carbocycles. The maximum Gasteiger partial charge on any atom is 0.218 e. The first-order valence-electron chi connectivity index (χ1n) is 7.69. The molecular formula is C15H28N4O2. The van der Waals surface area contributed by atoms with Gasteiger partial charge in [-0.15, -0.1) is 0 Å². The highest BCUT2D eigenvalue weighted by Crippen LogP contribution is 2.14. The Morgan fingerprint density at radius 1 is 1.14 bits per heavy atom. The molecule has 0 aromatic carbocycles. The topological polar surface area (TPSA) is 59.5 Å². The molecule has 1 aromatic rings. The van der Waals surface area contributed by atoms with Gasteiger partial charge < -0.3 is 19.7 Å². The first-order valence-corrected chi connectivity index (χ1v) is 7.69. The fourth-order valence-corrected chi connectivity index (χ4v) is 1.91. The van der Waals surface area contributed by atoms with Gasteiger partial charge >= 0.3 is 0 Å². The van der Waals surface area contributed by atoms with Gasteiger partial charge in [-0.1, -0.05) is 20.8 Å². The van der Waals surface area contributed by atoms with E-state index >= 15 is 0 Å². The van der Waals surface area contributed by atoms with Crippen LogP contribution in [0.2, 0.25) is 0 Å². The number of hydrogen-bond acceptors (Lipinski definition) is 6. The standard InChI is InChI=1S/C15H28N4O2/c1-5-13-17-14(16-8-9-19(6-2)7-3)12-15(18-13)21-11-10-20-4/h12H,5-11H2,1-4H3,(H,16,17,18). The summed E-state index contributed by atoms with van der Waals surface area (Å²) in [6, 6.07) is 1.84. The van der Waals surface area contributed by atoms with Gasteiger partial charge in [-0.2, -0.15) is 4.98 Å². The van der Waals surface area contributed by atoms with Crippen molar-refractivity contribution in [2.45, 2.75) is 27.2 Å². The molecule has 1 aromatic heterocycles. The number of likely N-dealkylation sites (N-methyl/N-ethyl adjacent to an activating group) is 1. The summed E-state index contributed by atoms with van der Waals surface area (Å²) in [4.78, 5) is 11.2. The van der Waals surface area contributed by atoms with Crippen LogP contribution in [-0.4, -0.2) is 61.4 Å². The van der Waals surface area contributed by atoms with E-state index in [1.165, 1.54) is 0 Å². The van der Waals surface area contributed by atoms with E-state index in [1.807, 2.05) is 13.0 Å². The molecule has 0 unspecified atom stereocenters. The monoisotopic (exact) mass is 296 g/mol. The number of hydrogen-bond donors (Lipinski definition) is 1. The van der Waals surface area contributed by atoms with Crippen molar-refractivity contribution in [3.05, 3.63) is 11.9 Å². The van der Waals surface area contributed by atoms with Crippen molar-refractivity contribution in [2.75, 3.05) is 51.8 Å². The third kappa shape index (κ3) is 6.73. The van der Waals surface area contributed by atoms with Crippen molar-refractivity contribution in [3.8, 4) is 5.88 Å². The van der Waals surface area contributed by atoms with Crippen LogP contribution in [0.25, 0.3) is 0 Å². The van der Waals surface area contributed by atoms with E-state index in [9.17, 15) is 0 Å². The Bertz CT molecular complexity index is 397. The Balaban J connectivity index is 2.57. The molecule has 0 atom stereocenters. The summed E-state index contributed by atoms with van der Waals surface area (Å²) in [5, 5.41) is 3.35. The number of nitrogens with one attached hydrogen (secondary N) is 1. The molecule has 0 bridgehead atoms. The fourth-order valence-electron chi connectivity index (χ4n) is 1.91. The lowest BCUT2D eigenvalue weighted by atomic mass is 10.4. The minimum absolute atomic E-state index is 0.496. The Kier molecular flexibility index (Phi) is 8.69. The predicted molar refractivity (Wildman–Crippen MR) is 85.1 cm³/mol. The second kappa shape index (κ2) is 10.3. The van der Waals surface area contributed by atoms with E-state index < -0.39 is 0 Å². The van der Waals surface area contributed by atoms with E-state index in [2.05, 4.69) is 34.0 Å². The molecule has 1 N–H and O–H groups in total. The normalized spacial score (nSPS) is 10.9. The number of aromatic nitrogens is 2. The Morgan fingerprint density at radius 2 is 1.90 bits per heavy atom. The van der Waals surface area contributed by atoms with E-state index in [4.69, 9.17) is 9.47 Å². The second-order valence-electron chi connectivity index (χ2n) is 4.66. The van der Waals surface area contributed by atoms with Crippen molar-refractivity contribution < 1.29 is 9.47 Å². The zero-order chi connectivity index (χ0) is 15.5. The fraction of sp³-hybridized carbons (Fsp3) is 0.733. The number of aryl methyl sites for hydroxylation is 1. The summed E-state index contributed by atoms with van der Waals surface area (Å²) < 4.78 is 10.5. The van der Waals surface area contributed by atoms with E-state index in [1.54, 1.807) is 7.11 Å². The minimum Gasteiger partial charge on any atom is -0.475 e. The molecular weight excluding hydrogens is 268 g/mol. The van der Waals surface area contributed by atoms with Crippen LogP contribution >= 0.6 is 0 Å². The second-order valence-corrected chi connectivity index (χ2v) is 4.66. The number of anilines is 1. The highest BCUT2D eigenvalue weighted by molar-refractivity contribution is 5.38. The van der Waals surface area contributed by atoms with Crippen molar-refractivity contribution in [2.24, 2.45) is 0 Å². The molecule has 0 saturated carbocycles. The van der Waals surface area contributed by atoms with Gasteiger partial charge in [0, 0.05) is 32.7 Å². The van der Waals surface area contributed by atoms with Gasteiger partial charge in [0.05, 0.1) is 6.61 Å². The first kappa shape index (κ1) is 17.7. The molecule has 0 aliphatic rings. The molecule has 0 spiro atoms. The SMILES string of the molecule is CCc1nc(NCCN(CC)CC)cc(OCCOC)n1. The molecule has 120 valence electrons. The van der Waals surface area contributed by atoms with Gasteiger partial charge in [-0.3, -0.25) is 0 Å². The number of ether oxygens (including phenoxy) is 2. The average Bonchev–Trinajstić information content (AvgIpc) is 2.51. The molecule has 21 heavy (non-hydrogen) atoms. The maximum absolute atomic E-state index is 5.57. The smallest absolute Gasteiger partial charge is 0.218 e. The predicted octanol–water partition coefficient (Wildman–Crippen LogP) is 1.82. The zero-order valence-electron chi connectivity index (χ0n) is 13.7. The van der Waals surface area contributed by atoms with Crippen molar-refractivity contribution in [1.29, 1.82) is 0 Å². The summed E-state index contributed by atoms with van der Waals surface area (Å²) in [6.07, 6.45) is 0.784. The van der Waals surface area contributed by atoms with Crippen molar-refractivity contribution >= 4 is 5.82 Å². The van der Waals surface area contributed by atoms with Crippen LogP contribution in [0.4, 0.5) is 5.82 Å². The van der Waals surface area contributed by atoms with E-state index in [0.717, 1.165) is 44.2 Å². The molecule has 6 nitrogen and oxygen atoms in total. The molecule has 1 rings (SSSR count). The summed E-state index contributed by atoms with van der Waals surface area (Å²) in [5.41, 5.74) is 0. The van der Waals surface area contributed by atoms with Gasteiger partial charge in [-0.25, -0.2) is 4.98 Å². The van der Waals surface area contributed by atoms with Crippen LogP contribution in [-0.2, 0) is 11.2 Å². The Labute approximate surface area is 127 Å². The minimum atomic E-state index is 0.496. The molecule has 0 saturated heterocycles. The highest BCUT2D eigenvalue weighted by atomic mass is 16.5. The third-order valence-corrected chi connectivity index (χ3v) is 3.23. The van der Waals surface area contributed by atoms with Crippen molar-refractivity contribution in [1.82, 2.24) is 14.9 Å². The third-order valence-electron chi connectivity index (χ3n) is 3.23. The highest BCUT2D eigenvalue weighted by Gasteiger charge is 2.05. The van der Waals surface area contributed by atoms with Gasteiger partial charge in [0.15, 0.2) is 0 Å². The lowest BCUT2D eigenvalue weighted by Crippen LogP contribution is -2.28. The summed E-state index contributed by atoms with van der Waals surface area (Å²) in [6.45, 7) is 11.4. The molecule has 0 fully saturated rings. The quantitative estimate of drug-likeness (QED) is 0.629. The number of methoxy groups -OCH3 is 1. The van der Waals surface area contributed by atoms with Gasteiger partial charge in [-0.05, 0) is 13.1 Å². The lowest BCUT2D eigenvalue weighted by Gasteiger charge is -2.18. The van der Waals surface area contributed by atoms with Crippen LogP contribution in [0, 0.1) is 0 Å². The molecule has 0 radical (unpaired) electrons. The summed E-state index contributed by atoms with van der Waals surface area (Å²) >= 11 is 0. The van der Waals surface area contributed by atoms with Crippen LogP contribution in [0.5, 0.6) is 5.88 Å². The Hall–Kier alpha value is -1.40. The van der Waals surface area contributed by atoms with Crippen LogP contribution < -0.4 is 10.1 Å².